The first-order valence-corrected chi connectivity index (χ1v) is 5.12. The van der Waals surface area contributed by atoms with Crippen LogP contribution in [0.15, 0.2) is 18.3 Å². The number of nitrogens with zero attached hydrogens (tertiary/aromatic N) is 2. The second-order valence-electron chi connectivity index (χ2n) is 4.02. The van der Waals surface area contributed by atoms with E-state index in [1.165, 1.54) is 12.8 Å². The number of hydrogen-bond acceptors (Lipinski definition) is 2. The molecule has 0 aromatic carbocycles. The van der Waals surface area contributed by atoms with E-state index >= 15 is 0 Å². The lowest BCUT2D eigenvalue weighted by molar-refractivity contribution is 0.417. The monoisotopic (exact) mass is 205 g/mol. The van der Waals surface area contributed by atoms with Crippen LogP contribution in [0, 0.1) is 6.92 Å². The predicted molar refractivity (Wildman–Crippen MR) is 58.5 cm³/mol. The number of fused-ring (bicyclic) bond motifs is 1. The Kier molecular flexibility index (Phi) is 1.23. The van der Waals surface area contributed by atoms with Crippen molar-refractivity contribution in [1.29, 1.82) is 0 Å². The Morgan fingerprint density at radius 3 is 3.20 bits per heavy atom. The third kappa shape index (κ3) is 1.23. The van der Waals surface area contributed by atoms with Gasteiger partial charge in [0, 0.05) is 17.8 Å². The maximum absolute atomic E-state index is 7.18. The SMILES string of the molecule is [2H]C([2H])([2H])Oc1cccn2c(C)c(C3CC3)nc12. The van der Waals surface area contributed by atoms with Crippen molar-refractivity contribution in [1.82, 2.24) is 9.38 Å². The number of pyridine rings is 1. The van der Waals surface area contributed by atoms with Gasteiger partial charge in [0.25, 0.3) is 0 Å². The van der Waals surface area contributed by atoms with Crippen LogP contribution in [0.5, 0.6) is 5.75 Å². The van der Waals surface area contributed by atoms with E-state index in [2.05, 4.69) is 4.98 Å². The minimum Gasteiger partial charge on any atom is -0.493 e. The number of aromatic nitrogens is 2. The third-order valence-electron chi connectivity index (χ3n) is 2.96. The van der Waals surface area contributed by atoms with Crippen molar-refractivity contribution in [3.63, 3.8) is 0 Å². The smallest absolute Gasteiger partial charge is 0.180 e. The van der Waals surface area contributed by atoms with Crippen LogP contribution in [0.2, 0.25) is 0 Å². The normalized spacial score (nSPS) is 19.7. The molecule has 1 aliphatic rings. The Labute approximate surface area is 92.9 Å². The maximum Gasteiger partial charge on any atom is 0.180 e. The Morgan fingerprint density at radius 1 is 1.60 bits per heavy atom. The van der Waals surface area contributed by atoms with E-state index in [1.807, 2.05) is 17.5 Å². The average molecular weight is 205 g/mol. The highest BCUT2D eigenvalue weighted by Gasteiger charge is 2.29. The van der Waals surface area contributed by atoms with E-state index in [4.69, 9.17) is 8.85 Å². The lowest BCUT2D eigenvalue weighted by Gasteiger charge is -2.01. The van der Waals surface area contributed by atoms with E-state index in [-0.39, 0.29) is 0 Å². The van der Waals surface area contributed by atoms with Gasteiger partial charge in [-0.05, 0) is 31.9 Å². The molecule has 0 bridgehead atoms. The van der Waals surface area contributed by atoms with Gasteiger partial charge in [-0.1, -0.05) is 0 Å². The predicted octanol–water partition coefficient (Wildman–Crippen LogP) is 2.53. The van der Waals surface area contributed by atoms with Gasteiger partial charge >= 0.3 is 0 Å². The second kappa shape index (κ2) is 2.99. The van der Waals surface area contributed by atoms with Crippen molar-refractivity contribution in [2.45, 2.75) is 25.7 Å². The fraction of sp³-hybridized carbons (Fsp3) is 0.417. The standard InChI is InChI=1S/C12H14N2O/c1-8-11(9-5-6-9)13-12-10(15-2)4-3-7-14(8)12/h3-4,7,9H,5-6H2,1-2H3/i2D3. The van der Waals surface area contributed by atoms with Gasteiger partial charge in [-0.25, -0.2) is 4.98 Å². The Balaban J connectivity index is 2.12. The van der Waals surface area contributed by atoms with Gasteiger partial charge in [0.2, 0.25) is 0 Å². The molecule has 2 heterocycles. The molecule has 0 amide bonds. The molecule has 0 atom stereocenters. The Hall–Kier alpha value is -1.51. The molecule has 3 heteroatoms. The van der Waals surface area contributed by atoms with Gasteiger partial charge < -0.3 is 9.14 Å². The molecule has 1 saturated carbocycles. The van der Waals surface area contributed by atoms with Gasteiger partial charge in [-0.2, -0.15) is 0 Å². The number of aryl methyl sites for hydroxylation is 1. The molecule has 2 aromatic heterocycles. The first-order chi connectivity index (χ1) is 8.46. The quantitative estimate of drug-likeness (QED) is 0.753. The van der Waals surface area contributed by atoms with Gasteiger partial charge in [-0.15, -0.1) is 0 Å². The summed E-state index contributed by atoms with van der Waals surface area (Å²) in [4.78, 5) is 4.55. The average Bonchev–Trinajstić information content (AvgIpc) is 3.04. The summed E-state index contributed by atoms with van der Waals surface area (Å²) in [5, 5.41) is 0. The summed E-state index contributed by atoms with van der Waals surface area (Å²) in [6.07, 6.45) is 4.22. The number of hydrogen-bond donors (Lipinski definition) is 0. The maximum atomic E-state index is 7.18. The van der Waals surface area contributed by atoms with Crippen LogP contribution < -0.4 is 4.74 Å². The number of methoxy groups -OCH3 is 1. The van der Waals surface area contributed by atoms with Crippen molar-refractivity contribution in [2.24, 2.45) is 0 Å². The number of ether oxygens (including phenoxy) is 1. The first kappa shape index (κ1) is 6.16. The van der Waals surface area contributed by atoms with Crippen molar-refractivity contribution in [3.05, 3.63) is 29.7 Å². The molecule has 3 rings (SSSR count). The number of imidazole rings is 1. The summed E-state index contributed by atoms with van der Waals surface area (Å²) >= 11 is 0. The largest absolute Gasteiger partial charge is 0.493 e. The summed E-state index contributed by atoms with van der Waals surface area (Å²) < 4.78 is 28.4. The summed E-state index contributed by atoms with van der Waals surface area (Å²) in [7, 11) is -2.44. The molecule has 1 aliphatic carbocycles. The molecule has 0 saturated heterocycles. The van der Waals surface area contributed by atoms with Gasteiger partial charge in [0.15, 0.2) is 11.4 Å². The molecule has 2 aromatic rings. The zero-order valence-electron chi connectivity index (χ0n) is 11.5. The van der Waals surface area contributed by atoms with E-state index in [0.717, 1.165) is 11.4 Å². The van der Waals surface area contributed by atoms with Crippen LogP contribution >= 0.6 is 0 Å². The molecular weight excluding hydrogens is 188 g/mol. The highest BCUT2D eigenvalue weighted by molar-refractivity contribution is 5.56. The number of rotatable bonds is 2. The van der Waals surface area contributed by atoms with Crippen molar-refractivity contribution >= 4 is 5.65 Å². The van der Waals surface area contributed by atoms with Gasteiger partial charge in [0.05, 0.1) is 16.8 Å². The molecule has 0 aliphatic heterocycles. The fourth-order valence-corrected chi connectivity index (χ4v) is 2.00. The highest BCUT2D eigenvalue weighted by Crippen LogP contribution is 2.41. The summed E-state index contributed by atoms with van der Waals surface area (Å²) in [6, 6.07) is 3.42. The van der Waals surface area contributed by atoms with E-state index in [1.54, 1.807) is 12.1 Å². The molecule has 0 N–H and O–H groups in total. The minimum atomic E-state index is -2.44. The summed E-state index contributed by atoms with van der Waals surface area (Å²) in [5.41, 5.74) is 2.73. The molecular formula is C12H14N2O. The van der Waals surface area contributed by atoms with Crippen molar-refractivity contribution in [2.75, 3.05) is 7.04 Å². The molecule has 0 spiro atoms. The summed E-state index contributed by atoms with van der Waals surface area (Å²) in [5.74, 6) is 0.845. The second-order valence-corrected chi connectivity index (χ2v) is 4.02. The van der Waals surface area contributed by atoms with Crippen LogP contribution in [0.1, 0.15) is 34.3 Å². The minimum absolute atomic E-state index is 0.313. The van der Waals surface area contributed by atoms with Crippen LogP contribution in [0.3, 0.4) is 0 Å². The highest BCUT2D eigenvalue weighted by atomic mass is 16.5. The third-order valence-corrected chi connectivity index (χ3v) is 2.96. The summed E-state index contributed by atoms with van der Waals surface area (Å²) in [6.45, 7) is 2.01. The fourth-order valence-electron chi connectivity index (χ4n) is 2.00. The zero-order valence-corrected chi connectivity index (χ0v) is 8.53. The zero-order chi connectivity index (χ0) is 12.9. The Bertz CT molecular complexity index is 599. The molecule has 0 radical (unpaired) electrons. The van der Waals surface area contributed by atoms with Crippen molar-refractivity contribution < 1.29 is 8.85 Å². The van der Waals surface area contributed by atoms with Gasteiger partial charge in [0.1, 0.15) is 0 Å². The van der Waals surface area contributed by atoms with Crippen LogP contribution in [-0.2, 0) is 0 Å². The lowest BCUT2D eigenvalue weighted by Crippen LogP contribution is -1.91. The van der Waals surface area contributed by atoms with Crippen LogP contribution in [0.25, 0.3) is 5.65 Å². The van der Waals surface area contributed by atoms with E-state index in [0.29, 0.717) is 17.3 Å². The molecule has 78 valence electrons. The van der Waals surface area contributed by atoms with Gasteiger partial charge in [-0.3, -0.25) is 0 Å². The molecule has 0 unspecified atom stereocenters. The van der Waals surface area contributed by atoms with E-state index in [9.17, 15) is 0 Å². The molecule has 3 nitrogen and oxygen atoms in total. The first-order valence-electron chi connectivity index (χ1n) is 6.62. The lowest BCUT2D eigenvalue weighted by atomic mass is 10.2. The topological polar surface area (TPSA) is 26.5 Å². The van der Waals surface area contributed by atoms with Crippen LogP contribution in [-0.4, -0.2) is 16.4 Å². The molecule has 1 fully saturated rings. The van der Waals surface area contributed by atoms with Crippen LogP contribution in [0.4, 0.5) is 0 Å². The Morgan fingerprint density at radius 2 is 2.47 bits per heavy atom. The molecule has 15 heavy (non-hydrogen) atoms. The van der Waals surface area contributed by atoms with E-state index < -0.39 is 7.04 Å². The van der Waals surface area contributed by atoms with Crippen molar-refractivity contribution in [3.8, 4) is 5.75 Å².